The zero-order chi connectivity index (χ0) is 22.6. The minimum absolute atomic E-state index is 0.573. The molecule has 1 aliphatic rings. The molecule has 0 radical (unpaired) electrons. The number of morpholine rings is 1. The van der Waals surface area contributed by atoms with Crippen molar-refractivity contribution >= 4 is 16.0 Å². The number of esters is 1. The maximum absolute atomic E-state index is 14.3. The lowest BCUT2D eigenvalue weighted by Crippen LogP contribution is -2.78. The molecule has 1 saturated heterocycles. The largest absolute Gasteiger partial charge is 0.464 e. The van der Waals surface area contributed by atoms with Gasteiger partial charge < -0.3 is 4.74 Å². The zero-order valence-electron chi connectivity index (χ0n) is 14.7. The van der Waals surface area contributed by atoms with Gasteiger partial charge >= 0.3 is 39.3 Å². The van der Waals surface area contributed by atoms with E-state index in [-0.39, 0.29) is 0 Å². The maximum atomic E-state index is 14.3. The molecule has 15 heteroatoms. The Morgan fingerprint density at radius 1 is 1.00 bits per heavy atom. The average Bonchev–Trinajstić information content (AvgIpc) is 2.55. The third kappa shape index (κ3) is 2.71. The van der Waals surface area contributed by atoms with Gasteiger partial charge in [-0.25, -0.2) is 4.79 Å². The Morgan fingerprint density at radius 2 is 1.46 bits per heavy atom. The lowest BCUT2D eigenvalue weighted by Gasteiger charge is -2.51. The van der Waals surface area contributed by atoms with Gasteiger partial charge in [-0.15, -0.1) is 0 Å². The van der Waals surface area contributed by atoms with E-state index in [9.17, 15) is 52.7 Å². The Hall–Kier alpha value is -1.25. The summed E-state index contributed by atoms with van der Waals surface area (Å²) < 4.78 is 147. The van der Waals surface area contributed by atoms with Gasteiger partial charge in [-0.3, -0.25) is 0 Å². The number of rotatable bonds is 6. The molecular formula is C13H17F9NO4S+. The second-order valence-corrected chi connectivity index (χ2v) is 8.49. The lowest BCUT2D eigenvalue weighted by atomic mass is 9.95. The molecule has 0 aromatic heterocycles. The molecule has 2 atom stereocenters. The van der Waals surface area contributed by atoms with Crippen molar-refractivity contribution in [2.75, 3.05) is 19.7 Å². The first-order chi connectivity index (χ1) is 12.2. The molecule has 5 nitrogen and oxygen atoms in total. The van der Waals surface area contributed by atoms with Crippen LogP contribution < -0.4 is 0 Å². The van der Waals surface area contributed by atoms with Crippen molar-refractivity contribution in [2.24, 2.45) is 0 Å². The Bertz CT molecular complexity index is 737. The van der Waals surface area contributed by atoms with Gasteiger partial charge in [0, 0.05) is 13.3 Å². The minimum Gasteiger partial charge on any atom is -0.455 e. The van der Waals surface area contributed by atoms with E-state index in [2.05, 4.69) is 4.74 Å². The minimum atomic E-state index is -7.37. The summed E-state index contributed by atoms with van der Waals surface area (Å²) in [4.78, 5) is 12.0. The predicted molar refractivity (Wildman–Crippen MR) is 75.1 cm³/mol. The molecule has 166 valence electrons. The second-order valence-electron chi connectivity index (χ2n) is 6.33. The number of likely N-dealkylation sites (N-methyl/N-ethyl adjacent to an activating group) is 1. The third-order valence-electron chi connectivity index (χ3n) is 5.12. The zero-order valence-corrected chi connectivity index (χ0v) is 15.5. The molecule has 0 N–H and O–H groups in total. The van der Waals surface area contributed by atoms with E-state index in [0.717, 1.165) is 20.8 Å². The average molecular weight is 454 g/mol. The number of nitrogens with zero attached hydrogens (tertiary/aromatic N) is 1. The van der Waals surface area contributed by atoms with Crippen LogP contribution in [-0.2, 0) is 19.6 Å². The van der Waals surface area contributed by atoms with Crippen molar-refractivity contribution < 1.29 is 61.4 Å². The number of halogens is 9. The van der Waals surface area contributed by atoms with E-state index in [1.807, 2.05) is 0 Å². The summed E-state index contributed by atoms with van der Waals surface area (Å²) in [6, 6.07) is 0. The summed E-state index contributed by atoms with van der Waals surface area (Å²) in [6.07, 6.45) is -7.74. The molecule has 28 heavy (non-hydrogen) atoms. The van der Waals surface area contributed by atoms with Crippen LogP contribution in [0, 0.1) is 0 Å². The fourth-order valence-corrected chi connectivity index (χ4v) is 5.37. The van der Waals surface area contributed by atoms with Crippen molar-refractivity contribution in [3.63, 3.8) is 0 Å². The molecule has 0 spiro atoms. The highest BCUT2D eigenvalue weighted by Crippen LogP contribution is 2.57. The highest BCUT2D eigenvalue weighted by atomic mass is 32.2. The molecule has 2 unspecified atom stereocenters. The summed E-state index contributed by atoms with van der Waals surface area (Å²) in [5, 5.41) is -6.87. The van der Waals surface area contributed by atoms with Crippen molar-refractivity contribution in [1.82, 2.24) is 0 Å². The lowest BCUT2D eigenvalue weighted by molar-refractivity contribution is -0.857. The number of carbonyl (C=O) groups excluding carboxylic acids is 1. The number of alkyl halides is 9. The number of ether oxygens (including phenoxy) is 1. The maximum Gasteiger partial charge on any atom is 0.464 e. The highest BCUT2D eigenvalue weighted by Gasteiger charge is 2.89. The number of hydrogen-bond donors (Lipinski definition) is 0. The highest BCUT2D eigenvalue weighted by molar-refractivity contribution is 7.87. The van der Waals surface area contributed by atoms with E-state index in [4.69, 9.17) is 0 Å². The normalized spacial score (nSPS) is 28.2. The molecule has 1 aliphatic heterocycles. The van der Waals surface area contributed by atoms with E-state index in [1.54, 1.807) is 0 Å². The standard InChI is InChI=1S/C13H17F9NO4S/c1-4-9(3)8(24)27-7-6-23(9,5-2)28(25,26)13(21,22)11(16,17)10(14,15)12(18,19)20/h4-7H2,1-3H3/q+1. The molecule has 0 aromatic carbocycles. The first-order valence-electron chi connectivity index (χ1n) is 7.74. The SMILES string of the molecule is CCC1(C)C(=O)OCC[N+]1(CC)S(=O)(=O)C(F)(F)C(F)(F)C(F)(F)C(F)(F)F. The fraction of sp³-hybridized carbons (Fsp3) is 0.923. The molecular weight excluding hydrogens is 437 g/mol. The second kappa shape index (κ2) is 6.64. The molecule has 0 bridgehead atoms. The molecule has 0 aliphatic carbocycles. The smallest absolute Gasteiger partial charge is 0.455 e. The van der Waals surface area contributed by atoms with Gasteiger partial charge in [-0.1, -0.05) is 6.92 Å². The number of sulfonamides is 1. The van der Waals surface area contributed by atoms with Crippen molar-refractivity contribution in [3.8, 4) is 0 Å². The van der Waals surface area contributed by atoms with Gasteiger partial charge in [-0.2, -0.15) is 51.8 Å². The Balaban J connectivity index is 3.82. The predicted octanol–water partition coefficient (Wildman–Crippen LogP) is 3.30. The van der Waals surface area contributed by atoms with E-state index in [1.165, 1.54) is 0 Å². The van der Waals surface area contributed by atoms with Crippen LogP contribution in [0.2, 0.25) is 0 Å². The van der Waals surface area contributed by atoms with Crippen molar-refractivity contribution in [1.29, 1.82) is 0 Å². The van der Waals surface area contributed by atoms with Gasteiger partial charge in [0.25, 0.3) is 0 Å². The van der Waals surface area contributed by atoms with Crippen LogP contribution in [0.3, 0.4) is 0 Å². The molecule has 1 heterocycles. The Morgan fingerprint density at radius 3 is 1.82 bits per heavy atom. The van der Waals surface area contributed by atoms with Crippen LogP contribution in [0.5, 0.6) is 0 Å². The monoisotopic (exact) mass is 454 g/mol. The fourth-order valence-electron chi connectivity index (χ4n) is 3.09. The molecule has 1 fully saturated rings. The summed E-state index contributed by atoms with van der Waals surface area (Å²) in [5.74, 6) is -16.1. The van der Waals surface area contributed by atoms with Crippen molar-refractivity contribution in [2.45, 2.75) is 56.0 Å². The third-order valence-corrected chi connectivity index (χ3v) is 7.79. The molecule has 0 aromatic rings. The first-order valence-corrected chi connectivity index (χ1v) is 9.18. The topological polar surface area (TPSA) is 60.4 Å². The number of hydrogen-bond acceptors (Lipinski definition) is 4. The van der Waals surface area contributed by atoms with Crippen LogP contribution in [0.4, 0.5) is 39.5 Å². The summed E-state index contributed by atoms with van der Waals surface area (Å²) in [6.45, 7) is -0.112. The quantitative estimate of drug-likeness (QED) is 0.351. The Kier molecular flexibility index (Phi) is 5.88. The van der Waals surface area contributed by atoms with Gasteiger partial charge in [0.1, 0.15) is 13.2 Å². The van der Waals surface area contributed by atoms with Crippen molar-refractivity contribution in [3.05, 3.63) is 0 Å². The molecule has 0 saturated carbocycles. The number of cyclic esters (lactones) is 1. The number of quaternary nitrogens is 1. The summed E-state index contributed by atoms with van der Waals surface area (Å²) in [7, 11) is -6.85. The van der Waals surface area contributed by atoms with E-state index in [0.29, 0.717) is 0 Å². The van der Waals surface area contributed by atoms with Gasteiger partial charge in [-0.05, 0) is 6.92 Å². The first kappa shape index (κ1) is 24.8. The summed E-state index contributed by atoms with van der Waals surface area (Å²) >= 11 is 0. The van der Waals surface area contributed by atoms with Crippen LogP contribution in [-0.4, -0.2) is 66.8 Å². The molecule has 1 rings (SSSR count). The summed E-state index contributed by atoms with van der Waals surface area (Å²) in [5.41, 5.74) is -2.45. The van der Waals surface area contributed by atoms with Crippen LogP contribution >= 0.6 is 0 Å². The van der Waals surface area contributed by atoms with Gasteiger partial charge in [0.15, 0.2) is 0 Å². The van der Waals surface area contributed by atoms with Gasteiger partial charge in [0.2, 0.25) is 5.54 Å². The van der Waals surface area contributed by atoms with Crippen LogP contribution in [0.25, 0.3) is 0 Å². The van der Waals surface area contributed by atoms with Crippen LogP contribution in [0.15, 0.2) is 0 Å². The number of carbonyl (C=O) groups is 1. The van der Waals surface area contributed by atoms with E-state index < -0.39 is 74.8 Å². The molecule has 0 amide bonds. The van der Waals surface area contributed by atoms with Crippen LogP contribution in [0.1, 0.15) is 27.2 Å². The van der Waals surface area contributed by atoms with Gasteiger partial charge in [0.05, 0.1) is 6.54 Å². The van der Waals surface area contributed by atoms with E-state index >= 15 is 0 Å². The Labute approximate surface area is 154 Å².